The first-order chi connectivity index (χ1) is 5.27. The van der Waals surface area contributed by atoms with Gasteiger partial charge in [0.2, 0.25) is 0 Å². The number of hydrogen-bond acceptors (Lipinski definition) is 4. The molecule has 0 fully saturated rings. The first-order valence-corrected chi connectivity index (χ1v) is 8.16. The molecule has 70 valence electrons. The third-order valence-corrected chi connectivity index (χ3v) is 2.24. The molecule has 0 aliphatic carbocycles. The van der Waals surface area contributed by atoms with Crippen LogP contribution in [0.15, 0.2) is 0 Å². The third kappa shape index (κ3) is 41.3. The molecule has 0 heterocycles. The van der Waals surface area contributed by atoms with Crippen LogP contribution in [0.4, 0.5) is 0 Å². The van der Waals surface area contributed by atoms with Gasteiger partial charge in [-0.3, -0.25) is 0 Å². The average molecular weight is 220 g/mol. The minimum Gasteiger partial charge on any atom is -0.368 e. The Kier molecular flexibility index (Phi) is 12.4. The molecule has 0 radical (unpaired) electrons. The van der Waals surface area contributed by atoms with Gasteiger partial charge in [-0.1, -0.05) is 0 Å². The Labute approximate surface area is 109 Å². The molecule has 0 aromatic rings. The first kappa shape index (κ1) is 16.1. The van der Waals surface area contributed by atoms with Crippen LogP contribution >= 0.6 is 0 Å². The monoisotopic (exact) mass is 220 g/mol. The van der Waals surface area contributed by atoms with Gasteiger partial charge < -0.3 is 19.2 Å². The fourth-order valence-electron chi connectivity index (χ4n) is 0.612. The molecule has 0 rings (SSSR count). The Balaban J connectivity index is 0. The van der Waals surface area contributed by atoms with Crippen LogP contribution < -0.4 is 0 Å². The van der Waals surface area contributed by atoms with Crippen molar-refractivity contribution in [3.8, 4) is 0 Å². The van der Waals surface area contributed by atoms with Crippen molar-refractivity contribution in [2.45, 2.75) is 27.2 Å². The second-order valence-electron chi connectivity index (χ2n) is 3.14. The quantitative estimate of drug-likeness (QED) is 0.479. The molecule has 0 amide bonds. The molecule has 0 bridgehead atoms. The van der Waals surface area contributed by atoms with Gasteiger partial charge in [0.1, 0.15) is 0 Å². The molecule has 0 aliphatic rings. The third-order valence-electron chi connectivity index (χ3n) is 1.14. The smallest absolute Gasteiger partial charge is 0.368 e. The normalized spacial score (nSPS) is 11.1. The van der Waals surface area contributed by atoms with Crippen molar-refractivity contribution in [1.82, 2.24) is 0 Å². The summed E-state index contributed by atoms with van der Waals surface area (Å²) >= 11 is 1.10. The Bertz CT molecular complexity index is 88.0. The van der Waals surface area contributed by atoms with Crippen LogP contribution in [0.3, 0.4) is 0 Å². The van der Waals surface area contributed by atoms with E-state index < -0.39 is 9.05 Å². The molecule has 0 atom stereocenters. The summed E-state index contributed by atoms with van der Waals surface area (Å²) in [5.41, 5.74) is 0. The zero-order chi connectivity index (χ0) is 10.2. The molecule has 6 heteroatoms. The van der Waals surface area contributed by atoms with Crippen LogP contribution in [0, 0.1) is 5.92 Å². The van der Waals surface area contributed by atoms with Crippen molar-refractivity contribution < 1.29 is 19.2 Å². The molecular weight excluding hydrogens is 203 g/mol. The summed E-state index contributed by atoms with van der Waals surface area (Å²) in [4.78, 5) is 29.3. The average Bonchev–Trinajstić information content (AvgIpc) is 1.79. The maximum atomic E-state index is 7.33. The second-order valence-corrected chi connectivity index (χ2v) is 5.90. The topological polar surface area (TPSA) is 80.9 Å². The maximum Gasteiger partial charge on any atom is 0.668 e. The Morgan fingerprint density at radius 3 is 1.58 bits per heavy atom. The van der Waals surface area contributed by atoms with Crippen molar-refractivity contribution in [3.05, 3.63) is 0 Å². The largest absolute Gasteiger partial charge is 0.668 e. The Morgan fingerprint density at radius 2 is 1.50 bits per heavy atom. The summed E-state index contributed by atoms with van der Waals surface area (Å²) in [5, 5.41) is 0. The van der Waals surface area contributed by atoms with E-state index in [1.807, 2.05) is 0 Å². The second kappa shape index (κ2) is 9.26. The van der Waals surface area contributed by atoms with Gasteiger partial charge in [0.25, 0.3) is 0 Å². The van der Waals surface area contributed by atoms with Crippen LogP contribution in [0.25, 0.3) is 0 Å². The van der Waals surface area contributed by atoms with Crippen LogP contribution in [0.1, 0.15) is 26.7 Å². The molecule has 12 heavy (non-hydrogen) atoms. The van der Waals surface area contributed by atoms with E-state index in [9.17, 15) is 0 Å². The van der Waals surface area contributed by atoms with E-state index in [0.29, 0.717) is 0 Å². The molecule has 4 nitrogen and oxygen atoms in total. The van der Waals surface area contributed by atoms with Gasteiger partial charge in [0.05, 0.1) is 0 Å². The van der Waals surface area contributed by atoms with Crippen molar-refractivity contribution in [1.29, 1.82) is 0 Å². The zero-order valence-electron chi connectivity index (χ0n) is 7.99. The standard InChI is InChI=1S/C6H13.K.H4O4Si/c1-4-5-6(2)3;;1-5(2,3)4/h6H,1,4-5H2,2-3H3;;1-4H. The molecular formula is C6H17KO4Si. The van der Waals surface area contributed by atoms with E-state index in [0.717, 1.165) is 54.9 Å². The van der Waals surface area contributed by atoms with Crippen molar-refractivity contribution in [2.75, 3.05) is 0 Å². The minimum atomic E-state index is -4.61. The van der Waals surface area contributed by atoms with Gasteiger partial charge in [-0.25, -0.2) is 0 Å². The van der Waals surface area contributed by atoms with Crippen LogP contribution in [0.2, 0.25) is 0.515 Å². The van der Waals surface area contributed by atoms with E-state index in [1.54, 1.807) is 0 Å². The van der Waals surface area contributed by atoms with Gasteiger partial charge in [0, 0.05) is 0 Å². The molecule has 0 aliphatic heterocycles. The van der Waals surface area contributed by atoms with Crippen molar-refractivity contribution in [2.24, 2.45) is 5.92 Å². The number of rotatable bonds is 3. The molecule has 0 aromatic heterocycles. The minimum absolute atomic E-state index is 0.933. The van der Waals surface area contributed by atoms with Crippen LogP contribution in [0.5, 0.6) is 0 Å². The van der Waals surface area contributed by atoms with Crippen molar-refractivity contribution >= 4 is 58.0 Å². The summed E-state index contributed by atoms with van der Waals surface area (Å²) in [6.45, 7) is 4.59. The Morgan fingerprint density at radius 1 is 1.17 bits per heavy atom. The van der Waals surface area contributed by atoms with Gasteiger partial charge >= 0.3 is 91.1 Å². The van der Waals surface area contributed by atoms with Gasteiger partial charge in [-0.15, -0.1) is 0 Å². The summed E-state index contributed by atoms with van der Waals surface area (Å²) in [5.74, 6) is 0.933. The van der Waals surface area contributed by atoms with E-state index >= 15 is 0 Å². The molecule has 0 spiro atoms. The van der Waals surface area contributed by atoms with E-state index in [1.165, 1.54) is 13.4 Å². The van der Waals surface area contributed by atoms with E-state index in [4.69, 9.17) is 19.2 Å². The SMILES string of the molecule is CC(C)CC[CH2][K].O[Si](O)(O)O. The van der Waals surface area contributed by atoms with Crippen LogP contribution in [-0.2, 0) is 0 Å². The predicted molar refractivity (Wildman–Crippen MR) is 49.3 cm³/mol. The maximum absolute atomic E-state index is 7.33. The van der Waals surface area contributed by atoms with Crippen molar-refractivity contribution in [3.63, 3.8) is 0 Å². The fourth-order valence-corrected chi connectivity index (χ4v) is 1.25. The first-order valence-electron chi connectivity index (χ1n) is 4.16. The van der Waals surface area contributed by atoms with Crippen LogP contribution in [-0.4, -0.2) is 77.2 Å². The molecule has 0 saturated carbocycles. The Hall–Kier alpha value is 1.69. The summed E-state index contributed by atoms with van der Waals surface area (Å²) in [7, 11) is -4.61. The molecule has 4 N–H and O–H groups in total. The predicted octanol–water partition coefficient (Wildman–Crippen LogP) is -0.599. The molecule has 0 saturated heterocycles. The van der Waals surface area contributed by atoms with Gasteiger partial charge in [0.15, 0.2) is 0 Å². The molecule has 0 unspecified atom stereocenters. The van der Waals surface area contributed by atoms with Gasteiger partial charge in [-0.2, -0.15) is 0 Å². The zero-order valence-corrected chi connectivity index (χ0v) is 12.1. The summed E-state index contributed by atoms with van der Waals surface area (Å²) < 4.78 is 1.53. The summed E-state index contributed by atoms with van der Waals surface area (Å²) in [6.07, 6.45) is 2.93. The summed E-state index contributed by atoms with van der Waals surface area (Å²) in [6, 6.07) is 0. The van der Waals surface area contributed by atoms with E-state index in [-0.39, 0.29) is 0 Å². The van der Waals surface area contributed by atoms with Gasteiger partial charge in [-0.05, 0) is 0 Å². The number of hydrogen-bond donors (Lipinski definition) is 4. The molecule has 0 aromatic carbocycles. The van der Waals surface area contributed by atoms with E-state index in [2.05, 4.69) is 13.8 Å². The fraction of sp³-hybridized carbons (Fsp3) is 1.00.